The Labute approximate surface area is 153 Å². The molecule has 0 radical (unpaired) electrons. The number of nitro groups is 1. The maximum absolute atomic E-state index is 12.9. The summed E-state index contributed by atoms with van der Waals surface area (Å²) < 4.78 is 27.2. The van der Waals surface area contributed by atoms with E-state index in [2.05, 4.69) is 0 Å². The van der Waals surface area contributed by atoms with Crippen molar-refractivity contribution >= 4 is 21.4 Å². The van der Waals surface area contributed by atoms with Crippen LogP contribution < -0.4 is 4.90 Å². The molecule has 0 unspecified atom stereocenters. The molecular formula is C18H21N3O4S. The lowest BCUT2D eigenvalue weighted by atomic mass is 10.1. The van der Waals surface area contributed by atoms with Gasteiger partial charge in [0.25, 0.3) is 5.69 Å². The van der Waals surface area contributed by atoms with Crippen molar-refractivity contribution < 1.29 is 13.3 Å². The van der Waals surface area contributed by atoms with E-state index in [1.165, 1.54) is 10.4 Å². The summed E-state index contributed by atoms with van der Waals surface area (Å²) in [5, 5.41) is 11.2. The van der Waals surface area contributed by atoms with E-state index in [1.807, 2.05) is 24.8 Å². The molecule has 8 heteroatoms. The molecule has 1 heterocycles. The van der Waals surface area contributed by atoms with Crippen LogP contribution in [0.15, 0.2) is 47.4 Å². The van der Waals surface area contributed by atoms with E-state index >= 15 is 0 Å². The number of anilines is 1. The van der Waals surface area contributed by atoms with Crippen LogP contribution in [-0.4, -0.2) is 43.8 Å². The Morgan fingerprint density at radius 3 is 2.23 bits per heavy atom. The lowest BCUT2D eigenvalue weighted by Crippen LogP contribution is -2.48. The van der Waals surface area contributed by atoms with Crippen molar-refractivity contribution in [3.63, 3.8) is 0 Å². The number of piperazine rings is 1. The molecule has 0 atom stereocenters. The Balaban J connectivity index is 1.78. The summed E-state index contributed by atoms with van der Waals surface area (Å²) in [5.74, 6) is 0. The van der Waals surface area contributed by atoms with Gasteiger partial charge in [0.1, 0.15) is 5.69 Å². The van der Waals surface area contributed by atoms with Gasteiger partial charge < -0.3 is 4.90 Å². The minimum atomic E-state index is -3.56. The predicted molar refractivity (Wildman–Crippen MR) is 100.0 cm³/mol. The zero-order valence-corrected chi connectivity index (χ0v) is 15.6. The van der Waals surface area contributed by atoms with Crippen molar-refractivity contribution in [3.05, 3.63) is 63.7 Å². The van der Waals surface area contributed by atoms with Crippen molar-refractivity contribution in [1.82, 2.24) is 4.31 Å². The highest BCUT2D eigenvalue weighted by atomic mass is 32.2. The van der Waals surface area contributed by atoms with Crippen molar-refractivity contribution in [2.24, 2.45) is 0 Å². The smallest absolute Gasteiger partial charge is 0.292 e. The summed E-state index contributed by atoms with van der Waals surface area (Å²) in [7, 11) is -3.56. The van der Waals surface area contributed by atoms with Gasteiger partial charge in [-0.05, 0) is 43.2 Å². The van der Waals surface area contributed by atoms with E-state index in [-0.39, 0.29) is 5.69 Å². The summed E-state index contributed by atoms with van der Waals surface area (Å²) in [6, 6.07) is 11.7. The number of nitro benzene ring substituents is 1. The van der Waals surface area contributed by atoms with Crippen LogP contribution in [0.4, 0.5) is 11.4 Å². The molecule has 0 spiro atoms. The average Bonchev–Trinajstić information content (AvgIpc) is 2.64. The third kappa shape index (κ3) is 3.42. The van der Waals surface area contributed by atoms with Gasteiger partial charge in [-0.1, -0.05) is 18.2 Å². The molecule has 2 aromatic rings. The van der Waals surface area contributed by atoms with Crippen molar-refractivity contribution in [2.45, 2.75) is 18.7 Å². The van der Waals surface area contributed by atoms with Gasteiger partial charge in [0.2, 0.25) is 10.0 Å². The quantitative estimate of drug-likeness (QED) is 0.606. The molecule has 0 saturated carbocycles. The Bertz CT molecular complexity index is 935. The Morgan fingerprint density at radius 2 is 1.62 bits per heavy atom. The first-order chi connectivity index (χ1) is 12.3. The Kier molecular flexibility index (Phi) is 4.97. The van der Waals surface area contributed by atoms with Gasteiger partial charge in [0.15, 0.2) is 0 Å². The third-order valence-electron chi connectivity index (χ3n) is 4.77. The van der Waals surface area contributed by atoms with E-state index in [9.17, 15) is 18.5 Å². The molecule has 0 N–H and O–H groups in total. The summed E-state index contributed by atoms with van der Waals surface area (Å²) in [6.07, 6.45) is 0. The molecule has 1 saturated heterocycles. The monoisotopic (exact) mass is 375 g/mol. The zero-order valence-electron chi connectivity index (χ0n) is 14.8. The lowest BCUT2D eigenvalue weighted by molar-refractivity contribution is -0.384. The van der Waals surface area contributed by atoms with Crippen LogP contribution in [-0.2, 0) is 10.0 Å². The van der Waals surface area contributed by atoms with E-state index in [4.69, 9.17) is 0 Å². The summed E-state index contributed by atoms with van der Waals surface area (Å²) in [4.78, 5) is 13.0. The second-order valence-corrected chi connectivity index (χ2v) is 8.32. The number of hydrogen-bond donors (Lipinski definition) is 0. The highest BCUT2D eigenvalue weighted by molar-refractivity contribution is 7.89. The third-order valence-corrected chi connectivity index (χ3v) is 6.67. The molecular weight excluding hydrogens is 354 g/mol. The normalized spacial score (nSPS) is 15.8. The highest BCUT2D eigenvalue weighted by Gasteiger charge is 2.30. The number of nitrogens with zero attached hydrogens (tertiary/aromatic N) is 3. The second kappa shape index (κ2) is 7.05. The van der Waals surface area contributed by atoms with Gasteiger partial charge in [-0.25, -0.2) is 8.42 Å². The molecule has 0 amide bonds. The molecule has 26 heavy (non-hydrogen) atoms. The van der Waals surface area contributed by atoms with Gasteiger partial charge >= 0.3 is 0 Å². The molecule has 2 aromatic carbocycles. The topological polar surface area (TPSA) is 83.8 Å². The molecule has 0 aromatic heterocycles. The largest absolute Gasteiger partial charge is 0.363 e. The maximum atomic E-state index is 12.9. The summed E-state index contributed by atoms with van der Waals surface area (Å²) in [5.41, 5.74) is 2.55. The molecule has 138 valence electrons. The highest BCUT2D eigenvalue weighted by Crippen LogP contribution is 2.29. The van der Waals surface area contributed by atoms with Gasteiger partial charge in [-0.3, -0.25) is 10.1 Å². The number of benzene rings is 2. The molecule has 1 fully saturated rings. The van der Waals surface area contributed by atoms with E-state index in [1.54, 1.807) is 30.3 Å². The molecule has 1 aliphatic rings. The van der Waals surface area contributed by atoms with Gasteiger partial charge in [0, 0.05) is 32.2 Å². The van der Waals surface area contributed by atoms with Crippen molar-refractivity contribution in [2.75, 3.05) is 31.1 Å². The van der Waals surface area contributed by atoms with Crippen LogP contribution >= 0.6 is 0 Å². The Hall–Kier alpha value is -2.45. The maximum Gasteiger partial charge on any atom is 0.292 e. The standard InChI is InChI=1S/C18H21N3O4S/c1-14-7-8-16(13-15(14)2)26(24,25)20-11-9-19(10-12-20)17-5-3-4-6-18(17)21(22)23/h3-8,13H,9-12H2,1-2H3. The SMILES string of the molecule is Cc1ccc(S(=O)(=O)N2CCN(c3ccccc3[N+](=O)[O-])CC2)cc1C. The van der Waals surface area contributed by atoms with Crippen molar-refractivity contribution in [1.29, 1.82) is 0 Å². The molecule has 0 bridgehead atoms. The van der Waals surface area contributed by atoms with Crippen LogP contribution in [0.5, 0.6) is 0 Å². The Morgan fingerprint density at radius 1 is 0.962 bits per heavy atom. The molecule has 7 nitrogen and oxygen atoms in total. The van der Waals surface area contributed by atoms with Gasteiger partial charge in [-0.15, -0.1) is 0 Å². The first-order valence-corrected chi connectivity index (χ1v) is 9.80. The first-order valence-electron chi connectivity index (χ1n) is 8.36. The first kappa shape index (κ1) is 18.3. The fourth-order valence-electron chi connectivity index (χ4n) is 3.08. The molecule has 0 aliphatic carbocycles. The molecule has 3 rings (SSSR count). The fourth-order valence-corrected chi connectivity index (χ4v) is 4.59. The number of aryl methyl sites for hydroxylation is 2. The van der Waals surface area contributed by atoms with E-state index < -0.39 is 14.9 Å². The van der Waals surface area contributed by atoms with Gasteiger partial charge in [0.05, 0.1) is 9.82 Å². The number of sulfonamides is 1. The molecule has 1 aliphatic heterocycles. The minimum absolute atomic E-state index is 0.0398. The number of para-hydroxylation sites is 2. The van der Waals surface area contributed by atoms with Crippen LogP contribution in [0.2, 0.25) is 0 Å². The van der Waals surface area contributed by atoms with Crippen LogP contribution in [0, 0.1) is 24.0 Å². The second-order valence-electron chi connectivity index (χ2n) is 6.38. The van der Waals surface area contributed by atoms with Gasteiger partial charge in [-0.2, -0.15) is 4.31 Å². The van der Waals surface area contributed by atoms with E-state index in [0.29, 0.717) is 36.8 Å². The lowest BCUT2D eigenvalue weighted by Gasteiger charge is -2.35. The summed E-state index contributed by atoms with van der Waals surface area (Å²) in [6.45, 7) is 5.24. The zero-order chi connectivity index (χ0) is 18.9. The minimum Gasteiger partial charge on any atom is -0.363 e. The fraction of sp³-hybridized carbons (Fsp3) is 0.333. The predicted octanol–water partition coefficient (Wildman–Crippen LogP) is 2.72. The number of hydrogen-bond acceptors (Lipinski definition) is 5. The van der Waals surface area contributed by atoms with Crippen LogP contribution in [0.25, 0.3) is 0 Å². The van der Waals surface area contributed by atoms with Crippen LogP contribution in [0.1, 0.15) is 11.1 Å². The van der Waals surface area contributed by atoms with Crippen LogP contribution in [0.3, 0.4) is 0 Å². The van der Waals surface area contributed by atoms with Crippen molar-refractivity contribution in [3.8, 4) is 0 Å². The average molecular weight is 375 g/mol. The van der Waals surface area contributed by atoms with E-state index in [0.717, 1.165) is 11.1 Å². The number of rotatable bonds is 4. The summed E-state index contributed by atoms with van der Waals surface area (Å²) >= 11 is 0.